The fraction of sp³-hybridized carbons (Fsp3) is 0.267. The van der Waals surface area contributed by atoms with Crippen LogP contribution >= 0.6 is 0 Å². The minimum absolute atomic E-state index is 0.123. The van der Waals surface area contributed by atoms with Crippen LogP contribution in [-0.2, 0) is 13.5 Å². The summed E-state index contributed by atoms with van der Waals surface area (Å²) in [5.41, 5.74) is 4.39. The van der Waals surface area contributed by atoms with E-state index >= 15 is 0 Å². The van der Waals surface area contributed by atoms with Crippen molar-refractivity contribution in [3.8, 4) is 11.3 Å². The molecule has 1 aromatic carbocycles. The van der Waals surface area contributed by atoms with Gasteiger partial charge in [0.1, 0.15) is 5.82 Å². The van der Waals surface area contributed by atoms with Gasteiger partial charge >= 0.3 is 0 Å². The number of aromatic amines is 1. The van der Waals surface area contributed by atoms with Crippen LogP contribution in [0.5, 0.6) is 0 Å². The molecule has 0 atom stereocenters. The highest BCUT2D eigenvalue weighted by molar-refractivity contribution is 5.95. The van der Waals surface area contributed by atoms with Crippen molar-refractivity contribution < 1.29 is 5.11 Å². The molecule has 4 heteroatoms. The van der Waals surface area contributed by atoms with Crippen LogP contribution in [0.1, 0.15) is 11.5 Å². The molecule has 3 aromatic rings. The fourth-order valence-electron chi connectivity index (χ4n) is 2.66. The van der Waals surface area contributed by atoms with Crippen LogP contribution in [0, 0.1) is 6.92 Å². The average Bonchev–Trinajstić information content (AvgIpc) is 2.93. The van der Waals surface area contributed by atoms with Crippen molar-refractivity contribution in [3.05, 3.63) is 42.0 Å². The summed E-state index contributed by atoms with van der Waals surface area (Å²) in [6.07, 6.45) is 2.61. The largest absolute Gasteiger partial charge is 0.396 e. The van der Waals surface area contributed by atoms with E-state index in [2.05, 4.69) is 26.7 Å². The normalized spacial score (nSPS) is 11.3. The molecule has 0 bridgehead atoms. The number of aryl methyl sites for hydroxylation is 1. The average molecular weight is 255 g/mol. The van der Waals surface area contributed by atoms with Gasteiger partial charge in [0.2, 0.25) is 0 Å². The monoisotopic (exact) mass is 255 g/mol. The van der Waals surface area contributed by atoms with Gasteiger partial charge in [0.15, 0.2) is 0 Å². The molecule has 0 fully saturated rings. The van der Waals surface area contributed by atoms with E-state index < -0.39 is 0 Å². The molecule has 19 heavy (non-hydrogen) atoms. The lowest BCUT2D eigenvalue weighted by atomic mass is 10.1. The molecule has 2 heterocycles. The van der Waals surface area contributed by atoms with Crippen LogP contribution in [0.4, 0.5) is 0 Å². The number of rotatable bonds is 3. The number of H-pyrrole nitrogens is 1. The van der Waals surface area contributed by atoms with Crippen LogP contribution in [0.2, 0.25) is 0 Å². The molecule has 2 N–H and O–H groups in total. The standard InChI is InChI=1S/C15H17N3O/c1-10-15(18(2)14(17-10)7-8-19)12-9-16-13-6-4-3-5-11(12)13/h3-6,9,16,19H,7-8H2,1-2H3. The van der Waals surface area contributed by atoms with Crippen LogP contribution in [0.15, 0.2) is 30.5 Å². The first-order valence-electron chi connectivity index (χ1n) is 6.42. The Kier molecular flexibility index (Phi) is 2.87. The zero-order chi connectivity index (χ0) is 13.4. The van der Waals surface area contributed by atoms with E-state index in [-0.39, 0.29) is 6.61 Å². The third-order valence-electron chi connectivity index (χ3n) is 3.54. The summed E-state index contributed by atoms with van der Waals surface area (Å²) >= 11 is 0. The van der Waals surface area contributed by atoms with E-state index in [4.69, 9.17) is 5.11 Å². The number of aliphatic hydroxyl groups is 1. The number of imidazole rings is 1. The maximum absolute atomic E-state index is 9.09. The number of hydrogen-bond donors (Lipinski definition) is 2. The summed E-state index contributed by atoms with van der Waals surface area (Å²) in [4.78, 5) is 7.84. The molecule has 0 saturated heterocycles. The van der Waals surface area contributed by atoms with Gasteiger partial charge in [-0.15, -0.1) is 0 Å². The van der Waals surface area contributed by atoms with E-state index in [9.17, 15) is 0 Å². The Morgan fingerprint density at radius 2 is 2.11 bits per heavy atom. The van der Waals surface area contributed by atoms with Crippen molar-refractivity contribution in [1.29, 1.82) is 0 Å². The Morgan fingerprint density at radius 1 is 1.32 bits per heavy atom. The maximum Gasteiger partial charge on any atom is 0.111 e. The molecule has 0 amide bonds. The lowest BCUT2D eigenvalue weighted by Gasteiger charge is -2.05. The van der Waals surface area contributed by atoms with Crippen molar-refractivity contribution in [2.45, 2.75) is 13.3 Å². The Labute approximate surface area is 111 Å². The molecular weight excluding hydrogens is 238 g/mol. The molecule has 4 nitrogen and oxygen atoms in total. The van der Waals surface area contributed by atoms with E-state index in [1.165, 1.54) is 5.39 Å². The number of hydrogen-bond acceptors (Lipinski definition) is 2. The highest BCUT2D eigenvalue weighted by Crippen LogP contribution is 2.31. The topological polar surface area (TPSA) is 53.8 Å². The highest BCUT2D eigenvalue weighted by Gasteiger charge is 2.15. The summed E-state index contributed by atoms with van der Waals surface area (Å²) in [7, 11) is 2.00. The van der Waals surface area contributed by atoms with Crippen LogP contribution < -0.4 is 0 Å². The van der Waals surface area contributed by atoms with Gasteiger partial charge in [-0.05, 0) is 13.0 Å². The Hall–Kier alpha value is -2.07. The SMILES string of the molecule is Cc1nc(CCO)n(C)c1-c1c[nH]c2ccccc12. The van der Waals surface area contributed by atoms with Crippen molar-refractivity contribution in [3.63, 3.8) is 0 Å². The number of aliphatic hydroxyl groups excluding tert-OH is 1. The molecule has 0 unspecified atom stereocenters. The van der Waals surface area contributed by atoms with E-state index in [1.54, 1.807) is 0 Å². The highest BCUT2D eigenvalue weighted by atomic mass is 16.3. The zero-order valence-electron chi connectivity index (χ0n) is 11.1. The summed E-state index contributed by atoms with van der Waals surface area (Å²) in [5, 5.41) is 10.3. The molecule has 0 spiro atoms. The Bertz CT molecular complexity index is 724. The van der Waals surface area contributed by atoms with Gasteiger partial charge in [0.25, 0.3) is 0 Å². The second kappa shape index (κ2) is 4.55. The minimum Gasteiger partial charge on any atom is -0.396 e. The van der Waals surface area contributed by atoms with E-state index in [0.717, 1.165) is 28.3 Å². The summed E-state index contributed by atoms with van der Waals surface area (Å²) < 4.78 is 2.07. The third-order valence-corrected chi connectivity index (χ3v) is 3.54. The fourth-order valence-corrected chi connectivity index (χ4v) is 2.66. The first-order chi connectivity index (χ1) is 9.22. The van der Waals surface area contributed by atoms with Gasteiger partial charge in [-0.2, -0.15) is 0 Å². The lowest BCUT2D eigenvalue weighted by Crippen LogP contribution is -2.01. The second-order valence-electron chi connectivity index (χ2n) is 4.74. The van der Waals surface area contributed by atoms with Crippen molar-refractivity contribution >= 4 is 10.9 Å². The Balaban J connectivity index is 2.21. The summed E-state index contributed by atoms with van der Waals surface area (Å²) in [5.74, 6) is 0.917. The molecule has 3 rings (SSSR count). The van der Waals surface area contributed by atoms with Crippen molar-refractivity contribution in [2.24, 2.45) is 7.05 Å². The van der Waals surface area contributed by atoms with Crippen LogP contribution in [0.25, 0.3) is 22.2 Å². The lowest BCUT2D eigenvalue weighted by molar-refractivity contribution is 0.295. The zero-order valence-corrected chi connectivity index (χ0v) is 11.1. The van der Waals surface area contributed by atoms with Crippen molar-refractivity contribution in [2.75, 3.05) is 6.61 Å². The quantitative estimate of drug-likeness (QED) is 0.755. The van der Waals surface area contributed by atoms with Crippen LogP contribution in [-0.4, -0.2) is 26.2 Å². The molecule has 0 aliphatic rings. The third kappa shape index (κ3) is 1.85. The predicted octanol–water partition coefficient (Wildman–Crippen LogP) is 2.41. The molecule has 2 aromatic heterocycles. The van der Waals surface area contributed by atoms with Gasteiger partial charge in [0, 0.05) is 36.1 Å². The maximum atomic E-state index is 9.09. The first-order valence-corrected chi connectivity index (χ1v) is 6.42. The van der Waals surface area contributed by atoms with Crippen LogP contribution in [0.3, 0.4) is 0 Å². The van der Waals surface area contributed by atoms with Gasteiger partial charge in [-0.1, -0.05) is 18.2 Å². The predicted molar refractivity (Wildman–Crippen MR) is 76.0 cm³/mol. The number of para-hydroxylation sites is 1. The van der Waals surface area contributed by atoms with E-state index in [1.807, 2.05) is 32.3 Å². The summed E-state index contributed by atoms with van der Waals surface area (Å²) in [6.45, 7) is 2.13. The second-order valence-corrected chi connectivity index (χ2v) is 4.74. The molecule has 0 aliphatic heterocycles. The van der Waals surface area contributed by atoms with Gasteiger partial charge < -0.3 is 14.7 Å². The molecule has 98 valence electrons. The van der Waals surface area contributed by atoms with Crippen molar-refractivity contribution in [1.82, 2.24) is 14.5 Å². The minimum atomic E-state index is 0.123. The molecule has 0 saturated carbocycles. The molecule has 0 radical (unpaired) electrons. The number of aromatic nitrogens is 3. The number of nitrogens with one attached hydrogen (secondary N) is 1. The van der Waals surface area contributed by atoms with Gasteiger partial charge in [-0.3, -0.25) is 0 Å². The summed E-state index contributed by atoms with van der Waals surface area (Å²) in [6, 6.07) is 8.24. The Morgan fingerprint density at radius 3 is 2.89 bits per heavy atom. The molecular formula is C15H17N3O. The number of benzene rings is 1. The van der Waals surface area contributed by atoms with E-state index in [0.29, 0.717) is 6.42 Å². The first kappa shape index (κ1) is 12.0. The van der Waals surface area contributed by atoms with Gasteiger partial charge in [-0.25, -0.2) is 4.98 Å². The molecule has 0 aliphatic carbocycles. The van der Waals surface area contributed by atoms with Gasteiger partial charge in [0.05, 0.1) is 18.0 Å². The number of fused-ring (bicyclic) bond motifs is 1. The smallest absolute Gasteiger partial charge is 0.111 e. The number of nitrogens with zero attached hydrogens (tertiary/aromatic N) is 2.